The third-order valence-electron chi connectivity index (χ3n) is 3.37. The Kier molecular flexibility index (Phi) is 3.91. The third-order valence-corrected chi connectivity index (χ3v) is 6.10. The smallest absolute Gasteiger partial charge is 0.0200 e. The molecule has 0 spiro atoms. The van der Waals surface area contributed by atoms with Crippen LogP contribution in [0.15, 0.2) is 85.0 Å². The molecule has 0 heterocycles. The first-order valence-electron chi connectivity index (χ1n) is 6.64. The van der Waals surface area contributed by atoms with Gasteiger partial charge in [0.2, 0.25) is 0 Å². The molecule has 94 valence electrons. The van der Waals surface area contributed by atoms with E-state index in [0.717, 1.165) is 6.16 Å². The molecule has 0 fully saturated rings. The molecule has 0 radical (unpaired) electrons. The van der Waals surface area contributed by atoms with E-state index in [1.165, 1.54) is 10.9 Å². The van der Waals surface area contributed by atoms with Gasteiger partial charge in [-0.05, 0) is 17.0 Å². The van der Waals surface area contributed by atoms with Crippen molar-refractivity contribution >= 4 is 13.2 Å². The second kappa shape index (κ2) is 5.99. The molecule has 1 atom stereocenters. The molecule has 2 aromatic rings. The molecular weight excluding hydrogens is 247 g/mol. The van der Waals surface area contributed by atoms with Crippen LogP contribution in [0.2, 0.25) is 0 Å². The molecule has 0 aromatic heterocycles. The molecule has 19 heavy (non-hydrogen) atoms. The monoisotopic (exact) mass is 264 g/mol. The molecule has 0 nitrogen and oxygen atoms in total. The fourth-order valence-corrected chi connectivity index (χ4v) is 4.91. The zero-order valence-electron chi connectivity index (χ0n) is 10.8. The fourth-order valence-electron chi connectivity index (χ4n) is 2.40. The Hall–Kier alpha value is -1.65. The Bertz CT molecular complexity index is 557. The van der Waals surface area contributed by atoms with E-state index in [-0.39, 0.29) is 7.92 Å². The molecule has 3 rings (SSSR count). The first kappa shape index (κ1) is 12.4. The Balaban J connectivity index is 1.89. The molecule has 1 aliphatic rings. The van der Waals surface area contributed by atoms with E-state index in [2.05, 4.69) is 85.0 Å². The van der Waals surface area contributed by atoms with Crippen molar-refractivity contribution in [2.75, 3.05) is 0 Å². The summed E-state index contributed by atoms with van der Waals surface area (Å²) in [5.74, 6) is 0. The molecule has 1 aliphatic carbocycles. The fraction of sp³-hybridized carbons (Fsp3) is 0.111. The van der Waals surface area contributed by atoms with Gasteiger partial charge in [0.1, 0.15) is 0 Å². The van der Waals surface area contributed by atoms with Crippen LogP contribution in [0.1, 0.15) is 5.56 Å². The van der Waals surface area contributed by atoms with Gasteiger partial charge in [-0.3, -0.25) is 0 Å². The van der Waals surface area contributed by atoms with Crippen LogP contribution in [-0.2, 0) is 6.16 Å². The minimum absolute atomic E-state index is 0.207. The largest absolute Gasteiger partial charge is 0.0730 e. The predicted molar refractivity (Wildman–Crippen MR) is 85.2 cm³/mol. The molecule has 0 N–H and O–H groups in total. The van der Waals surface area contributed by atoms with Crippen LogP contribution in [0, 0.1) is 0 Å². The van der Waals surface area contributed by atoms with Gasteiger partial charge >= 0.3 is 0 Å². The molecule has 1 unspecified atom stereocenters. The van der Waals surface area contributed by atoms with Crippen LogP contribution in [0.25, 0.3) is 0 Å². The summed E-state index contributed by atoms with van der Waals surface area (Å²) in [5.41, 5.74) is 2.02. The van der Waals surface area contributed by atoms with Gasteiger partial charge in [0, 0.05) is 5.66 Å². The van der Waals surface area contributed by atoms with E-state index in [1.807, 2.05) is 0 Å². The number of benzene rings is 2. The van der Waals surface area contributed by atoms with Gasteiger partial charge in [0.25, 0.3) is 0 Å². The SMILES string of the molecule is C1=CC(P(Cc2ccccc2)c2ccccc2)C=C1. The highest BCUT2D eigenvalue weighted by molar-refractivity contribution is 7.66. The van der Waals surface area contributed by atoms with Gasteiger partial charge in [-0.15, -0.1) is 0 Å². The van der Waals surface area contributed by atoms with Crippen LogP contribution in [-0.4, -0.2) is 5.66 Å². The Morgan fingerprint density at radius 1 is 0.737 bits per heavy atom. The van der Waals surface area contributed by atoms with Crippen LogP contribution in [0.3, 0.4) is 0 Å². The Morgan fingerprint density at radius 3 is 1.95 bits per heavy atom. The van der Waals surface area contributed by atoms with E-state index in [4.69, 9.17) is 0 Å². The average molecular weight is 264 g/mol. The van der Waals surface area contributed by atoms with Crippen molar-refractivity contribution in [3.63, 3.8) is 0 Å². The topological polar surface area (TPSA) is 0 Å². The van der Waals surface area contributed by atoms with Crippen molar-refractivity contribution in [2.24, 2.45) is 0 Å². The molecule has 0 saturated carbocycles. The standard InChI is InChI=1S/C18H17P/c1-3-9-16(10-4-1)15-19(18-13-7-8-14-18)17-11-5-2-6-12-17/h1-14,18H,15H2. The number of allylic oxidation sites excluding steroid dienone is 4. The first-order valence-corrected chi connectivity index (χ1v) is 8.24. The summed E-state index contributed by atoms with van der Waals surface area (Å²) < 4.78 is 0. The van der Waals surface area contributed by atoms with E-state index in [0.29, 0.717) is 5.66 Å². The van der Waals surface area contributed by atoms with Crippen LogP contribution in [0.4, 0.5) is 0 Å². The van der Waals surface area contributed by atoms with Crippen molar-refractivity contribution in [2.45, 2.75) is 11.8 Å². The summed E-state index contributed by atoms with van der Waals surface area (Å²) in [6.07, 6.45) is 10.2. The van der Waals surface area contributed by atoms with Crippen LogP contribution in [0.5, 0.6) is 0 Å². The summed E-state index contributed by atoms with van der Waals surface area (Å²) >= 11 is 0. The average Bonchev–Trinajstić information content (AvgIpc) is 3.01. The highest BCUT2D eigenvalue weighted by Crippen LogP contribution is 2.46. The zero-order valence-corrected chi connectivity index (χ0v) is 11.7. The molecule has 0 amide bonds. The molecule has 0 aliphatic heterocycles. The second-order valence-corrected chi connectivity index (χ2v) is 7.08. The first-order chi connectivity index (χ1) is 9.43. The van der Waals surface area contributed by atoms with Crippen molar-refractivity contribution in [1.82, 2.24) is 0 Å². The predicted octanol–water partition coefficient (Wildman–Crippen LogP) is 4.49. The lowest BCUT2D eigenvalue weighted by Crippen LogP contribution is -2.10. The molecular formula is C18H17P. The Morgan fingerprint density at radius 2 is 1.32 bits per heavy atom. The van der Waals surface area contributed by atoms with E-state index in [1.54, 1.807) is 0 Å². The number of hydrogen-bond acceptors (Lipinski definition) is 0. The van der Waals surface area contributed by atoms with Gasteiger partial charge in [0.05, 0.1) is 0 Å². The normalized spacial score (nSPS) is 15.8. The van der Waals surface area contributed by atoms with E-state index in [9.17, 15) is 0 Å². The highest BCUT2D eigenvalue weighted by atomic mass is 31.1. The lowest BCUT2D eigenvalue weighted by atomic mass is 10.2. The van der Waals surface area contributed by atoms with Gasteiger partial charge in [0.15, 0.2) is 0 Å². The van der Waals surface area contributed by atoms with E-state index < -0.39 is 0 Å². The maximum Gasteiger partial charge on any atom is 0.0200 e. The summed E-state index contributed by atoms with van der Waals surface area (Å²) in [6.45, 7) is 0. The van der Waals surface area contributed by atoms with Gasteiger partial charge in [-0.25, -0.2) is 0 Å². The van der Waals surface area contributed by atoms with Crippen molar-refractivity contribution in [3.8, 4) is 0 Å². The van der Waals surface area contributed by atoms with Gasteiger partial charge < -0.3 is 0 Å². The van der Waals surface area contributed by atoms with Gasteiger partial charge in [-0.1, -0.05) is 92.9 Å². The maximum absolute atomic E-state index is 2.33. The molecule has 2 aromatic carbocycles. The van der Waals surface area contributed by atoms with Crippen molar-refractivity contribution in [1.29, 1.82) is 0 Å². The quantitative estimate of drug-likeness (QED) is 0.714. The lowest BCUT2D eigenvalue weighted by molar-refractivity contribution is 1.33. The van der Waals surface area contributed by atoms with Crippen molar-refractivity contribution < 1.29 is 0 Å². The van der Waals surface area contributed by atoms with E-state index >= 15 is 0 Å². The van der Waals surface area contributed by atoms with Crippen LogP contribution < -0.4 is 5.30 Å². The minimum atomic E-state index is -0.207. The van der Waals surface area contributed by atoms with Crippen LogP contribution >= 0.6 is 7.92 Å². The van der Waals surface area contributed by atoms with Gasteiger partial charge in [-0.2, -0.15) is 0 Å². The molecule has 1 heteroatoms. The minimum Gasteiger partial charge on any atom is -0.0730 e. The van der Waals surface area contributed by atoms with Crippen molar-refractivity contribution in [3.05, 3.63) is 90.5 Å². The maximum atomic E-state index is 2.33. The highest BCUT2D eigenvalue weighted by Gasteiger charge is 2.20. The Labute approximate surface area is 116 Å². The third kappa shape index (κ3) is 3.03. The summed E-state index contributed by atoms with van der Waals surface area (Å²) in [5, 5.41) is 1.49. The lowest BCUT2D eigenvalue weighted by Gasteiger charge is -2.22. The summed E-state index contributed by atoms with van der Waals surface area (Å²) in [4.78, 5) is 0. The second-order valence-electron chi connectivity index (χ2n) is 4.71. The summed E-state index contributed by atoms with van der Waals surface area (Å²) in [7, 11) is -0.207. The summed E-state index contributed by atoms with van der Waals surface area (Å²) in [6, 6.07) is 21.8. The number of hydrogen-bond donors (Lipinski definition) is 0. The number of rotatable bonds is 4. The molecule has 0 saturated heterocycles. The zero-order chi connectivity index (χ0) is 12.9. The molecule has 0 bridgehead atoms.